The second-order valence-corrected chi connectivity index (χ2v) is 6.58. The van der Waals surface area contributed by atoms with Crippen molar-refractivity contribution >= 4 is 11.9 Å². The van der Waals surface area contributed by atoms with E-state index in [1.165, 1.54) is 12.0 Å². The van der Waals surface area contributed by atoms with Crippen molar-refractivity contribution in [2.24, 2.45) is 5.41 Å². The van der Waals surface area contributed by atoms with E-state index in [1.54, 1.807) is 0 Å². The topological polar surface area (TPSA) is 84.7 Å². The molecule has 0 spiro atoms. The van der Waals surface area contributed by atoms with E-state index < -0.39 is 29.2 Å². The fourth-order valence-corrected chi connectivity index (χ4v) is 3.13. The number of rotatable bonds is 5. The van der Waals surface area contributed by atoms with Gasteiger partial charge in [-0.2, -0.15) is 18.3 Å². The minimum absolute atomic E-state index is 0.0677. The summed E-state index contributed by atoms with van der Waals surface area (Å²) in [5.41, 5.74) is -2.49. The average Bonchev–Trinajstić information content (AvgIpc) is 3.11. The molecule has 1 saturated heterocycles. The van der Waals surface area contributed by atoms with Crippen LogP contribution in [-0.2, 0) is 15.7 Å². The SMILES string of the molecule is COCC1(C(=O)O)CCN(C(=O)c2cc(C(F)(F)F)nn2C2CC2)C1. The lowest BCUT2D eigenvalue weighted by atomic mass is 9.88. The van der Waals surface area contributed by atoms with Crippen LogP contribution in [0.5, 0.6) is 0 Å². The highest BCUT2D eigenvalue weighted by molar-refractivity contribution is 5.94. The van der Waals surface area contributed by atoms with E-state index in [1.807, 2.05) is 0 Å². The quantitative estimate of drug-likeness (QED) is 0.865. The number of methoxy groups -OCH3 is 1. The van der Waals surface area contributed by atoms with Crippen LogP contribution in [0.25, 0.3) is 0 Å². The number of ether oxygens (including phenoxy) is 1. The molecule has 1 unspecified atom stereocenters. The molecular weight excluding hydrogens is 343 g/mol. The summed E-state index contributed by atoms with van der Waals surface area (Å²) in [6.07, 6.45) is -3.11. The van der Waals surface area contributed by atoms with E-state index in [9.17, 15) is 27.9 Å². The average molecular weight is 361 g/mol. The van der Waals surface area contributed by atoms with Crippen LogP contribution in [0.1, 0.15) is 41.5 Å². The predicted molar refractivity (Wildman–Crippen MR) is 78.0 cm³/mol. The molecule has 1 N–H and O–H groups in total. The number of halogens is 3. The number of likely N-dealkylation sites (tertiary alicyclic amines) is 1. The molecule has 0 radical (unpaired) electrons. The lowest BCUT2D eigenvalue weighted by molar-refractivity contribution is -0.151. The summed E-state index contributed by atoms with van der Waals surface area (Å²) in [5.74, 6) is -1.72. The molecule has 138 valence electrons. The normalized spacial score (nSPS) is 23.9. The zero-order valence-electron chi connectivity index (χ0n) is 13.5. The maximum atomic E-state index is 12.9. The molecule has 2 fully saturated rings. The van der Waals surface area contributed by atoms with Crippen LogP contribution in [-0.4, -0.2) is 58.5 Å². The molecule has 1 amide bonds. The molecular formula is C15H18F3N3O4. The second-order valence-electron chi connectivity index (χ2n) is 6.58. The van der Waals surface area contributed by atoms with Gasteiger partial charge in [-0.25, -0.2) is 0 Å². The van der Waals surface area contributed by atoms with Crippen LogP contribution in [0.4, 0.5) is 13.2 Å². The maximum absolute atomic E-state index is 12.9. The van der Waals surface area contributed by atoms with E-state index >= 15 is 0 Å². The number of carboxylic acid groups (broad SMARTS) is 1. The van der Waals surface area contributed by atoms with Crippen molar-refractivity contribution in [2.75, 3.05) is 26.8 Å². The van der Waals surface area contributed by atoms with Crippen LogP contribution in [0.3, 0.4) is 0 Å². The van der Waals surface area contributed by atoms with Gasteiger partial charge in [-0.1, -0.05) is 0 Å². The van der Waals surface area contributed by atoms with Crippen molar-refractivity contribution in [3.05, 3.63) is 17.5 Å². The number of hydrogen-bond acceptors (Lipinski definition) is 4. The molecule has 3 rings (SSSR count). The third kappa shape index (κ3) is 3.22. The molecule has 1 aliphatic carbocycles. The summed E-state index contributed by atoms with van der Waals surface area (Å²) in [6.45, 7) is -0.0281. The van der Waals surface area contributed by atoms with Crippen molar-refractivity contribution in [3.8, 4) is 0 Å². The molecule has 25 heavy (non-hydrogen) atoms. The van der Waals surface area contributed by atoms with Gasteiger partial charge in [-0.05, 0) is 19.3 Å². The van der Waals surface area contributed by atoms with E-state index in [0.717, 1.165) is 10.7 Å². The van der Waals surface area contributed by atoms with E-state index in [2.05, 4.69) is 5.10 Å². The first-order chi connectivity index (χ1) is 11.7. The van der Waals surface area contributed by atoms with Gasteiger partial charge in [0, 0.05) is 26.3 Å². The number of alkyl halides is 3. The van der Waals surface area contributed by atoms with Crippen LogP contribution < -0.4 is 0 Å². The van der Waals surface area contributed by atoms with Gasteiger partial charge >= 0.3 is 12.1 Å². The lowest BCUT2D eigenvalue weighted by Gasteiger charge is -2.23. The lowest BCUT2D eigenvalue weighted by Crippen LogP contribution is -2.40. The highest BCUT2D eigenvalue weighted by Gasteiger charge is 2.48. The van der Waals surface area contributed by atoms with Gasteiger partial charge in [-0.3, -0.25) is 14.3 Å². The Morgan fingerprint density at radius 1 is 1.44 bits per heavy atom. The Hall–Kier alpha value is -2.10. The molecule has 0 aromatic carbocycles. The number of nitrogens with zero attached hydrogens (tertiary/aromatic N) is 3. The minimum atomic E-state index is -4.64. The highest BCUT2D eigenvalue weighted by atomic mass is 19.4. The predicted octanol–water partition coefficient (Wildman–Crippen LogP) is 1.80. The van der Waals surface area contributed by atoms with E-state index in [4.69, 9.17) is 4.74 Å². The monoisotopic (exact) mass is 361 g/mol. The van der Waals surface area contributed by atoms with Crippen molar-refractivity contribution in [1.82, 2.24) is 14.7 Å². The summed E-state index contributed by atoms with van der Waals surface area (Å²) in [4.78, 5) is 25.5. The molecule has 0 bridgehead atoms. The van der Waals surface area contributed by atoms with Gasteiger partial charge in [0.05, 0.1) is 12.6 Å². The van der Waals surface area contributed by atoms with Crippen molar-refractivity contribution in [2.45, 2.75) is 31.5 Å². The van der Waals surface area contributed by atoms with E-state index in [-0.39, 0.29) is 37.9 Å². The van der Waals surface area contributed by atoms with Crippen molar-refractivity contribution < 1.29 is 32.6 Å². The summed E-state index contributed by atoms with van der Waals surface area (Å²) < 4.78 is 44.9. The number of carboxylic acids is 1. The summed E-state index contributed by atoms with van der Waals surface area (Å²) in [5, 5.41) is 13.0. The molecule has 1 aliphatic heterocycles. The smallest absolute Gasteiger partial charge is 0.435 e. The Bertz CT molecular complexity index is 699. The Morgan fingerprint density at radius 2 is 2.12 bits per heavy atom. The first-order valence-electron chi connectivity index (χ1n) is 7.86. The fraction of sp³-hybridized carbons (Fsp3) is 0.667. The number of hydrogen-bond donors (Lipinski definition) is 1. The first-order valence-corrected chi connectivity index (χ1v) is 7.86. The Balaban J connectivity index is 1.86. The number of carbonyl (C=O) groups is 2. The summed E-state index contributed by atoms with van der Waals surface area (Å²) in [6, 6.07) is 0.540. The third-order valence-corrected chi connectivity index (χ3v) is 4.65. The maximum Gasteiger partial charge on any atom is 0.435 e. The Morgan fingerprint density at radius 3 is 2.64 bits per heavy atom. The van der Waals surface area contributed by atoms with Gasteiger partial charge in [0.1, 0.15) is 11.1 Å². The number of carbonyl (C=O) groups excluding carboxylic acids is 1. The largest absolute Gasteiger partial charge is 0.481 e. The first kappa shape index (κ1) is 17.7. The molecule has 1 aromatic heterocycles. The van der Waals surface area contributed by atoms with Gasteiger partial charge in [0.25, 0.3) is 5.91 Å². The van der Waals surface area contributed by atoms with Crippen LogP contribution in [0, 0.1) is 5.41 Å². The standard InChI is InChI=1S/C15H18F3N3O4/c1-25-8-14(13(23)24)4-5-20(7-14)12(22)10-6-11(15(16,17)18)19-21(10)9-2-3-9/h6,9H,2-5,7-8H2,1H3,(H,23,24). The highest BCUT2D eigenvalue weighted by Crippen LogP contribution is 2.39. The van der Waals surface area contributed by atoms with Gasteiger partial charge in [0.2, 0.25) is 0 Å². The molecule has 2 heterocycles. The van der Waals surface area contributed by atoms with E-state index in [0.29, 0.717) is 12.8 Å². The van der Waals surface area contributed by atoms with Crippen LogP contribution in [0.2, 0.25) is 0 Å². The molecule has 1 saturated carbocycles. The fourth-order valence-electron chi connectivity index (χ4n) is 3.13. The van der Waals surface area contributed by atoms with Crippen molar-refractivity contribution in [3.63, 3.8) is 0 Å². The number of aliphatic carboxylic acids is 1. The Labute approximate surface area is 141 Å². The molecule has 2 aliphatic rings. The van der Waals surface area contributed by atoms with Crippen LogP contribution >= 0.6 is 0 Å². The van der Waals surface area contributed by atoms with Crippen molar-refractivity contribution in [1.29, 1.82) is 0 Å². The summed E-state index contributed by atoms with van der Waals surface area (Å²) >= 11 is 0. The van der Waals surface area contributed by atoms with Crippen LogP contribution in [0.15, 0.2) is 6.07 Å². The Kier molecular flexibility index (Phi) is 4.26. The zero-order chi connectivity index (χ0) is 18.4. The molecule has 1 aromatic rings. The number of amides is 1. The number of aromatic nitrogens is 2. The molecule has 10 heteroatoms. The summed E-state index contributed by atoms with van der Waals surface area (Å²) in [7, 11) is 1.37. The molecule has 7 nitrogen and oxygen atoms in total. The van der Waals surface area contributed by atoms with Gasteiger partial charge < -0.3 is 14.7 Å². The third-order valence-electron chi connectivity index (χ3n) is 4.65. The second kappa shape index (κ2) is 6.01. The molecule has 1 atom stereocenters. The zero-order valence-corrected chi connectivity index (χ0v) is 13.5. The minimum Gasteiger partial charge on any atom is -0.481 e. The van der Waals surface area contributed by atoms with Gasteiger partial charge in [0.15, 0.2) is 5.69 Å². The van der Waals surface area contributed by atoms with Gasteiger partial charge in [-0.15, -0.1) is 0 Å².